The molecule has 0 radical (unpaired) electrons. The lowest BCUT2D eigenvalue weighted by atomic mass is 10.0. The average molecular weight is 317 g/mol. The molecular weight excluding hydrogens is 309 g/mol. The van der Waals surface area contributed by atoms with Crippen molar-refractivity contribution in [2.75, 3.05) is 7.11 Å². The Morgan fingerprint density at radius 1 is 1.16 bits per heavy atom. The fourth-order valence-corrected chi connectivity index (χ4v) is 2.34. The van der Waals surface area contributed by atoms with Gasteiger partial charge in [-0.2, -0.15) is 0 Å². The summed E-state index contributed by atoms with van der Waals surface area (Å²) in [7, 11) is 1.46. The lowest BCUT2D eigenvalue weighted by Crippen LogP contribution is -1.96. The van der Waals surface area contributed by atoms with E-state index in [-0.39, 0.29) is 0 Å². The molecule has 0 aliphatic heterocycles. The molecule has 1 aromatic carbocycles. The fraction of sp³-hybridized carbons (Fsp3) is 0.0769. The van der Waals surface area contributed by atoms with E-state index in [1.165, 1.54) is 19.4 Å². The molecule has 1 aromatic heterocycles. The zero-order valence-electron chi connectivity index (χ0n) is 9.78. The summed E-state index contributed by atoms with van der Waals surface area (Å²) in [4.78, 5) is 15.2. The molecule has 0 saturated heterocycles. The second-order valence-corrected chi connectivity index (χ2v) is 4.87. The van der Waals surface area contributed by atoms with E-state index < -0.39 is 0 Å². The summed E-state index contributed by atoms with van der Waals surface area (Å²) in [6, 6.07) is 4.67. The normalized spacial score (nSPS) is 10.3. The number of rotatable bonds is 3. The number of methoxy groups -OCH3 is 1. The Kier molecular flexibility index (Phi) is 4.30. The van der Waals surface area contributed by atoms with E-state index in [2.05, 4.69) is 4.98 Å². The van der Waals surface area contributed by atoms with Crippen molar-refractivity contribution < 1.29 is 9.53 Å². The van der Waals surface area contributed by atoms with Crippen molar-refractivity contribution in [3.05, 3.63) is 45.0 Å². The monoisotopic (exact) mass is 315 g/mol. The van der Waals surface area contributed by atoms with Crippen LogP contribution in [0, 0.1) is 0 Å². The number of carbonyl (C=O) groups excluding carboxylic acids is 1. The Morgan fingerprint density at radius 3 is 2.47 bits per heavy atom. The lowest BCUT2D eigenvalue weighted by Gasteiger charge is -2.12. The van der Waals surface area contributed by atoms with Crippen LogP contribution >= 0.6 is 34.8 Å². The number of hydrogen-bond acceptors (Lipinski definition) is 3. The number of aldehydes is 1. The first-order valence-electron chi connectivity index (χ1n) is 5.21. The molecule has 0 aliphatic rings. The molecule has 0 N–H and O–H groups in total. The van der Waals surface area contributed by atoms with Crippen molar-refractivity contribution in [3.63, 3.8) is 0 Å². The molecule has 0 aliphatic carbocycles. The van der Waals surface area contributed by atoms with Crippen LogP contribution < -0.4 is 4.74 Å². The molecule has 0 bridgehead atoms. The first kappa shape index (κ1) is 14.1. The van der Waals surface area contributed by atoms with Gasteiger partial charge in [0.2, 0.25) is 5.88 Å². The molecule has 0 atom stereocenters. The minimum absolute atomic E-state index is 0.296. The smallest absolute Gasteiger partial charge is 0.221 e. The molecule has 98 valence electrons. The van der Waals surface area contributed by atoms with E-state index in [1.807, 2.05) is 0 Å². The Balaban J connectivity index is 2.77. The molecule has 3 nitrogen and oxygen atoms in total. The zero-order chi connectivity index (χ0) is 14.0. The van der Waals surface area contributed by atoms with Crippen LogP contribution in [-0.2, 0) is 0 Å². The third-order valence-corrected chi connectivity index (χ3v) is 3.58. The second-order valence-electron chi connectivity index (χ2n) is 3.65. The van der Waals surface area contributed by atoms with Crippen molar-refractivity contribution >= 4 is 41.1 Å². The van der Waals surface area contributed by atoms with E-state index in [0.717, 1.165) is 0 Å². The number of halogens is 3. The molecule has 2 rings (SSSR count). The second kappa shape index (κ2) is 5.78. The zero-order valence-corrected chi connectivity index (χ0v) is 12.1. The van der Waals surface area contributed by atoms with Crippen molar-refractivity contribution in [3.8, 4) is 17.0 Å². The van der Waals surface area contributed by atoms with Gasteiger partial charge in [0.25, 0.3) is 0 Å². The average Bonchev–Trinajstić information content (AvgIpc) is 2.42. The van der Waals surface area contributed by atoms with Crippen LogP contribution in [0.25, 0.3) is 11.1 Å². The van der Waals surface area contributed by atoms with Crippen LogP contribution in [-0.4, -0.2) is 18.4 Å². The SMILES string of the molecule is COc1nccc(C=O)c1-c1cc(Cl)c(Cl)cc1Cl. The number of carbonyl (C=O) groups is 1. The largest absolute Gasteiger partial charge is 0.481 e. The summed E-state index contributed by atoms with van der Waals surface area (Å²) >= 11 is 18.0. The lowest BCUT2D eigenvalue weighted by molar-refractivity contribution is 0.112. The van der Waals surface area contributed by atoms with Gasteiger partial charge in [0.05, 0.1) is 27.7 Å². The molecular formula is C13H8Cl3NO2. The summed E-state index contributed by atoms with van der Waals surface area (Å²) < 4.78 is 5.16. The number of pyridine rings is 1. The molecule has 0 fully saturated rings. The van der Waals surface area contributed by atoms with Crippen LogP contribution in [0.5, 0.6) is 5.88 Å². The summed E-state index contributed by atoms with van der Waals surface area (Å²) in [5, 5.41) is 1.04. The fourth-order valence-electron chi connectivity index (χ4n) is 1.69. The number of hydrogen-bond donors (Lipinski definition) is 0. The van der Waals surface area contributed by atoms with Gasteiger partial charge in [-0.25, -0.2) is 4.98 Å². The molecule has 0 unspecified atom stereocenters. The maximum atomic E-state index is 11.1. The van der Waals surface area contributed by atoms with E-state index in [1.54, 1.807) is 12.1 Å². The van der Waals surface area contributed by atoms with Gasteiger partial charge in [0.15, 0.2) is 6.29 Å². The molecule has 2 aromatic rings. The predicted octanol–water partition coefficient (Wildman–Crippen LogP) is 4.53. The van der Waals surface area contributed by atoms with Crippen LogP contribution in [0.3, 0.4) is 0 Å². The summed E-state index contributed by atoms with van der Waals surface area (Å²) in [5.41, 5.74) is 1.44. The molecule has 0 spiro atoms. The molecule has 6 heteroatoms. The number of nitrogens with zero attached hydrogens (tertiary/aromatic N) is 1. The van der Waals surface area contributed by atoms with Gasteiger partial charge in [-0.05, 0) is 18.2 Å². The van der Waals surface area contributed by atoms with Crippen molar-refractivity contribution in [1.29, 1.82) is 0 Å². The van der Waals surface area contributed by atoms with E-state index in [9.17, 15) is 4.79 Å². The van der Waals surface area contributed by atoms with Crippen molar-refractivity contribution in [2.24, 2.45) is 0 Å². The van der Waals surface area contributed by atoms with E-state index >= 15 is 0 Å². The highest BCUT2D eigenvalue weighted by Gasteiger charge is 2.17. The third kappa shape index (κ3) is 2.68. The summed E-state index contributed by atoms with van der Waals surface area (Å²) in [6.07, 6.45) is 2.19. The molecule has 0 saturated carbocycles. The quantitative estimate of drug-likeness (QED) is 0.617. The van der Waals surface area contributed by atoms with Gasteiger partial charge in [0.1, 0.15) is 0 Å². The van der Waals surface area contributed by atoms with Crippen LogP contribution in [0.4, 0.5) is 0 Å². The van der Waals surface area contributed by atoms with Gasteiger partial charge in [0, 0.05) is 17.3 Å². The van der Waals surface area contributed by atoms with Gasteiger partial charge in [-0.3, -0.25) is 4.79 Å². The van der Waals surface area contributed by atoms with Crippen LogP contribution in [0.15, 0.2) is 24.4 Å². The minimum atomic E-state index is 0.296. The number of ether oxygens (including phenoxy) is 1. The number of aromatic nitrogens is 1. The highest BCUT2D eigenvalue weighted by molar-refractivity contribution is 6.44. The van der Waals surface area contributed by atoms with Gasteiger partial charge < -0.3 is 4.74 Å². The molecule has 1 heterocycles. The Bertz CT molecular complexity index is 644. The third-order valence-electron chi connectivity index (χ3n) is 2.55. The highest BCUT2D eigenvalue weighted by atomic mass is 35.5. The van der Waals surface area contributed by atoms with Gasteiger partial charge >= 0.3 is 0 Å². The van der Waals surface area contributed by atoms with E-state index in [0.29, 0.717) is 43.9 Å². The van der Waals surface area contributed by atoms with Crippen molar-refractivity contribution in [2.45, 2.75) is 0 Å². The first-order valence-corrected chi connectivity index (χ1v) is 6.35. The predicted molar refractivity (Wildman–Crippen MR) is 76.6 cm³/mol. The summed E-state index contributed by atoms with van der Waals surface area (Å²) in [6.45, 7) is 0. The molecule has 0 amide bonds. The highest BCUT2D eigenvalue weighted by Crippen LogP contribution is 2.39. The maximum Gasteiger partial charge on any atom is 0.221 e. The minimum Gasteiger partial charge on any atom is -0.481 e. The summed E-state index contributed by atoms with van der Waals surface area (Å²) in [5.74, 6) is 0.296. The van der Waals surface area contributed by atoms with Gasteiger partial charge in [-0.15, -0.1) is 0 Å². The van der Waals surface area contributed by atoms with Gasteiger partial charge in [-0.1, -0.05) is 34.8 Å². The molecule has 19 heavy (non-hydrogen) atoms. The van der Waals surface area contributed by atoms with Crippen molar-refractivity contribution in [1.82, 2.24) is 4.98 Å². The first-order chi connectivity index (χ1) is 9.08. The Hall–Kier alpha value is -1.29. The standard InChI is InChI=1S/C13H8Cl3NO2/c1-19-13-12(7(6-18)2-3-17-13)8-4-10(15)11(16)5-9(8)14/h2-6H,1H3. The maximum absolute atomic E-state index is 11.1. The Labute approximate surface area is 125 Å². The number of benzene rings is 1. The Morgan fingerprint density at radius 2 is 1.84 bits per heavy atom. The topological polar surface area (TPSA) is 39.2 Å². The van der Waals surface area contributed by atoms with Crippen LogP contribution in [0.2, 0.25) is 15.1 Å². The van der Waals surface area contributed by atoms with E-state index in [4.69, 9.17) is 39.5 Å². The van der Waals surface area contributed by atoms with Crippen LogP contribution in [0.1, 0.15) is 10.4 Å².